The Bertz CT molecular complexity index is 992. The predicted molar refractivity (Wildman–Crippen MR) is 153 cm³/mol. The van der Waals surface area contributed by atoms with Crippen molar-refractivity contribution in [2.75, 3.05) is 0 Å². The van der Waals surface area contributed by atoms with Crippen LogP contribution in [0.5, 0.6) is 0 Å². The van der Waals surface area contributed by atoms with Crippen LogP contribution in [0.2, 0.25) is 0 Å². The number of hydrogen-bond donors (Lipinski definition) is 0. The molecule has 0 spiro atoms. The largest absolute Gasteiger partial charge is 0.459 e. The normalized spacial score (nSPS) is 36.9. The van der Waals surface area contributed by atoms with E-state index in [1.807, 2.05) is 41.5 Å². The van der Waals surface area contributed by atoms with Gasteiger partial charge in [0.1, 0.15) is 6.10 Å². The first-order valence-electron chi connectivity index (χ1n) is 15.6. The summed E-state index contributed by atoms with van der Waals surface area (Å²) in [5.41, 5.74) is 5.29. The third kappa shape index (κ3) is 4.96. The first kappa shape index (κ1) is 27.0. The molecule has 4 aliphatic carbocycles. The molecule has 2 nitrogen and oxygen atoms in total. The minimum Gasteiger partial charge on any atom is -0.459 e. The lowest BCUT2D eigenvalue weighted by Gasteiger charge is -2.57. The van der Waals surface area contributed by atoms with Gasteiger partial charge in [0, 0.05) is 0 Å². The van der Waals surface area contributed by atoms with Gasteiger partial charge in [-0.05, 0) is 116 Å². The summed E-state index contributed by atoms with van der Waals surface area (Å²) in [5, 5.41) is 0. The van der Waals surface area contributed by atoms with Gasteiger partial charge in [-0.25, -0.2) is 4.79 Å². The Balaban J connectivity index is 1.27. The van der Waals surface area contributed by atoms with Gasteiger partial charge in [0.25, 0.3) is 0 Å². The highest BCUT2D eigenvalue weighted by molar-refractivity contribution is 5.89. The summed E-state index contributed by atoms with van der Waals surface area (Å²) < 4.78 is 6.04. The van der Waals surface area contributed by atoms with Crippen molar-refractivity contribution in [3.8, 4) is 0 Å². The SMILES string of the molecule is CC(C)[C@@H](C)CC[C@@H](C)[C@@H]1CCC2=C3CC[C@H]4C[C@H](OC(=O)c5ccccc5)CC[C@]4(C)[C@@H]3CC[C@@]21C. The molecule has 0 saturated heterocycles. The van der Waals surface area contributed by atoms with Crippen molar-refractivity contribution >= 4 is 5.97 Å². The minimum absolute atomic E-state index is 0.0822. The van der Waals surface area contributed by atoms with Crippen LogP contribution in [0, 0.1) is 46.3 Å². The number of rotatable bonds is 7. The molecular weight excluding hydrogens is 452 g/mol. The number of allylic oxidation sites excluding steroid dienone is 2. The van der Waals surface area contributed by atoms with Gasteiger partial charge >= 0.3 is 5.97 Å². The molecular formula is C35H52O2. The molecule has 37 heavy (non-hydrogen) atoms. The fraction of sp³-hybridized carbons (Fsp3) is 0.743. The number of carbonyl (C=O) groups is 1. The monoisotopic (exact) mass is 504 g/mol. The number of ether oxygens (including phenoxy) is 1. The lowest BCUT2D eigenvalue weighted by Crippen LogP contribution is -2.48. The van der Waals surface area contributed by atoms with Gasteiger partial charge in [0.2, 0.25) is 0 Å². The van der Waals surface area contributed by atoms with Gasteiger partial charge in [-0.2, -0.15) is 0 Å². The van der Waals surface area contributed by atoms with Crippen molar-refractivity contribution in [1.82, 2.24) is 0 Å². The molecule has 0 amide bonds. The highest BCUT2D eigenvalue weighted by Gasteiger charge is 2.56. The third-order valence-electron chi connectivity index (χ3n) is 12.2. The van der Waals surface area contributed by atoms with Crippen molar-refractivity contribution in [3.05, 3.63) is 47.0 Å². The second-order valence-corrected chi connectivity index (χ2v) is 14.3. The van der Waals surface area contributed by atoms with E-state index in [1.165, 1.54) is 57.8 Å². The lowest BCUT2D eigenvalue weighted by atomic mass is 9.48. The van der Waals surface area contributed by atoms with E-state index in [1.54, 1.807) is 0 Å². The minimum atomic E-state index is -0.143. The first-order valence-corrected chi connectivity index (χ1v) is 15.6. The highest BCUT2D eigenvalue weighted by Crippen LogP contribution is 2.66. The van der Waals surface area contributed by atoms with Gasteiger partial charge in [0.15, 0.2) is 0 Å². The van der Waals surface area contributed by atoms with E-state index in [-0.39, 0.29) is 12.1 Å². The lowest BCUT2D eigenvalue weighted by molar-refractivity contribution is -0.0499. The summed E-state index contributed by atoms with van der Waals surface area (Å²) in [6.45, 7) is 15.0. The maximum atomic E-state index is 12.7. The Hall–Kier alpha value is -1.57. The average molecular weight is 505 g/mol. The molecule has 0 aromatic heterocycles. The van der Waals surface area contributed by atoms with Crippen molar-refractivity contribution < 1.29 is 9.53 Å². The Morgan fingerprint density at radius 1 is 0.946 bits per heavy atom. The van der Waals surface area contributed by atoms with Crippen molar-refractivity contribution in [3.63, 3.8) is 0 Å². The Morgan fingerprint density at radius 2 is 1.70 bits per heavy atom. The third-order valence-corrected chi connectivity index (χ3v) is 12.2. The molecule has 0 N–H and O–H groups in total. The fourth-order valence-electron chi connectivity index (χ4n) is 9.36. The molecule has 4 aliphatic rings. The Kier molecular flexibility index (Phi) is 7.69. The number of fused-ring (bicyclic) bond motifs is 4. The Morgan fingerprint density at radius 3 is 2.43 bits per heavy atom. The van der Waals surface area contributed by atoms with E-state index >= 15 is 0 Å². The molecule has 1 aromatic rings. The smallest absolute Gasteiger partial charge is 0.338 e. The number of hydrogen-bond acceptors (Lipinski definition) is 2. The first-order chi connectivity index (χ1) is 17.6. The number of benzene rings is 1. The number of esters is 1. The predicted octanol–water partition coefficient (Wildman–Crippen LogP) is 9.64. The van der Waals surface area contributed by atoms with E-state index in [2.05, 4.69) is 41.5 Å². The molecule has 1 aromatic carbocycles. The maximum Gasteiger partial charge on any atom is 0.338 e. The quantitative estimate of drug-likeness (QED) is 0.273. The summed E-state index contributed by atoms with van der Waals surface area (Å²) in [5.74, 6) is 4.64. The van der Waals surface area contributed by atoms with Crippen molar-refractivity contribution in [2.24, 2.45) is 46.3 Å². The molecule has 0 heterocycles. The molecule has 3 fully saturated rings. The zero-order valence-electron chi connectivity index (χ0n) is 24.5. The molecule has 5 rings (SSSR count). The highest BCUT2D eigenvalue weighted by atomic mass is 16.5. The summed E-state index contributed by atoms with van der Waals surface area (Å²) >= 11 is 0. The van der Waals surface area contributed by atoms with Gasteiger partial charge in [0.05, 0.1) is 5.56 Å². The second-order valence-electron chi connectivity index (χ2n) is 14.3. The van der Waals surface area contributed by atoms with Crippen LogP contribution >= 0.6 is 0 Å². The van der Waals surface area contributed by atoms with Crippen molar-refractivity contribution in [2.45, 2.75) is 118 Å². The zero-order chi connectivity index (χ0) is 26.4. The van der Waals surface area contributed by atoms with Gasteiger partial charge < -0.3 is 4.74 Å². The van der Waals surface area contributed by atoms with Crippen LogP contribution in [-0.4, -0.2) is 12.1 Å². The fourth-order valence-corrected chi connectivity index (χ4v) is 9.36. The van der Waals surface area contributed by atoms with E-state index in [4.69, 9.17) is 4.74 Å². The van der Waals surface area contributed by atoms with E-state index < -0.39 is 0 Å². The molecule has 0 unspecified atom stereocenters. The Labute approximate surface area is 227 Å². The average Bonchev–Trinajstić information content (AvgIpc) is 3.25. The molecule has 0 bridgehead atoms. The summed E-state index contributed by atoms with van der Waals surface area (Å²) in [6, 6.07) is 9.53. The van der Waals surface area contributed by atoms with Crippen molar-refractivity contribution in [1.29, 1.82) is 0 Å². The summed E-state index contributed by atoms with van der Waals surface area (Å²) in [4.78, 5) is 12.7. The van der Waals surface area contributed by atoms with Crippen LogP contribution in [0.25, 0.3) is 0 Å². The summed E-state index contributed by atoms with van der Waals surface area (Å²) in [7, 11) is 0. The van der Waals surface area contributed by atoms with Crippen LogP contribution in [0.1, 0.15) is 123 Å². The molecule has 8 atom stereocenters. The van der Waals surface area contributed by atoms with Gasteiger partial charge in [-0.15, -0.1) is 0 Å². The van der Waals surface area contributed by atoms with E-state index in [9.17, 15) is 4.79 Å². The molecule has 2 heteroatoms. The summed E-state index contributed by atoms with van der Waals surface area (Å²) in [6.07, 6.45) is 14.3. The van der Waals surface area contributed by atoms with E-state index in [0.29, 0.717) is 22.3 Å². The second kappa shape index (κ2) is 10.5. The maximum absolute atomic E-state index is 12.7. The van der Waals surface area contributed by atoms with Gasteiger partial charge in [-0.1, -0.05) is 83.7 Å². The molecule has 3 saturated carbocycles. The zero-order valence-corrected chi connectivity index (χ0v) is 24.5. The number of carbonyl (C=O) groups excluding carboxylic acids is 1. The van der Waals surface area contributed by atoms with Crippen LogP contribution in [0.3, 0.4) is 0 Å². The standard InChI is InChI=1S/C35H52O2/c1-23(2)24(3)12-13-25(4)30-16-17-31-29-15-14-27-22-28(37-33(36)26-10-8-7-9-11-26)18-20-34(27,5)32(29)19-21-35(30,31)6/h7-11,23-25,27-28,30,32H,12-22H2,1-6H3/t24-,25+,27-,28+,30-,32+,34-,35+/m0/s1. The molecule has 0 radical (unpaired) electrons. The van der Waals surface area contributed by atoms with Crippen LogP contribution in [0.4, 0.5) is 0 Å². The van der Waals surface area contributed by atoms with Crippen LogP contribution in [0.15, 0.2) is 41.5 Å². The topological polar surface area (TPSA) is 26.3 Å². The van der Waals surface area contributed by atoms with Crippen LogP contribution in [-0.2, 0) is 4.74 Å². The van der Waals surface area contributed by atoms with Gasteiger partial charge in [-0.3, -0.25) is 0 Å². The molecule has 204 valence electrons. The molecule has 0 aliphatic heterocycles. The van der Waals surface area contributed by atoms with Crippen LogP contribution < -0.4 is 0 Å². The van der Waals surface area contributed by atoms with E-state index in [0.717, 1.165) is 42.4 Å².